The fourth-order valence-corrected chi connectivity index (χ4v) is 1.35. The predicted molar refractivity (Wildman–Crippen MR) is 51.6 cm³/mol. The number of rotatable bonds is 1. The molecule has 1 aliphatic rings. The summed E-state index contributed by atoms with van der Waals surface area (Å²) in [7, 11) is 0. The Hall–Kier alpha value is -1.22. The molecule has 1 N–H and O–H groups in total. The number of hydrogen-bond donors (Lipinski definition) is 1. The van der Waals surface area contributed by atoms with E-state index in [9.17, 15) is 0 Å². The van der Waals surface area contributed by atoms with Gasteiger partial charge in [-0.15, -0.1) is 0 Å². The van der Waals surface area contributed by atoms with Crippen LogP contribution in [-0.4, -0.2) is 14.8 Å². The Balaban J connectivity index is 2.40. The molecule has 0 saturated carbocycles. The van der Waals surface area contributed by atoms with Crippen molar-refractivity contribution < 1.29 is 0 Å². The van der Waals surface area contributed by atoms with Gasteiger partial charge in [0.25, 0.3) is 0 Å². The maximum absolute atomic E-state index is 5.16. The van der Waals surface area contributed by atoms with Crippen molar-refractivity contribution in [3.05, 3.63) is 36.4 Å². The molecule has 0 saturated heterocycles. The van der Waals surface area contributed by atoms with Gasteiger partial charge in [-0.3, -0.25) is 0 Å². The zero-order valence-electron chi connectivity index (χ0n) is 6.37. The highest BCUT2D eigenvalue weighted by Crippen LogP contribution is 2.17. The first-order valence-electron chi connectivity index (χ1n) is 3.69. The van der Waals surface area contributed by atoms with Crippen LogP contribution in [0.3, 0.4) is 0 Å². The minimum Gasteiger partial charge on any atom is -0.345 e. The van der Waals surface area contributed by atoms with Crippen molar-refractivity contribution in [2.75, 3.05) is 0 Å². The average molecular weight is 175 g/mol. The van der Waals surface area contributed by atoms with Crippen LogP contribution < -0.4 is 0 Å². The molecule has 0 bridgehead atoms. The van der Waals surface area contributed by atoms with Crippen molar-refractivity contribution in [3.8, 4) is 0 Å². The zero-order valence-corrected chi connectivity index (χ0v) is 7.19. The molecule has 1 aromatic heterocycles. The van der Waals surface area contributed by atoms with Crippen molar-refractivity contribution in [3.63, 3.8) is 0 Å². The second-order valence-corrected chi connectivity index (χ2v) is 2.98. The molecule has 0 aromatic carbocycles. The van der Waals surface area contributed by atoms with E-state index in [0.29, 0.717) is 0 Å². The normalized spacial score (nSPS) is 16.3. The number of nitrogens with zero attached hydrogens (tertiary/aromatic N) is 1. The van der Waals surface area contributed by atoms with Crippen LogP contribution in [0.5, 0.6) is 0 Å². The average Bonchev–Trinajstić information content (AvgIpc) is 2.57. The highest BCUT2D eigenvalue weighted by molar-refractivity contribution is 7.81. The van der Waals surface area contributed by atoms with E-state index in [1.54, 1.807) is 12.4 Å². The smallest absolute Gasteiger partial charge is 0.139 e. The maximum Gasteiger partial charge on any atom is 0.139 e. The summed E-state index contributed by atoms with van der Waals surface area (Å²) in [5, 5.41) is 0. The fraction of sp³-hybridized carbons (Fsp3) is 0.111. The SMILES string of the molecule is S=C1CC=C[C]=C1c1ncc[nH]1. The van der Waals surface area contributed by atoms with Gasteiger partial charge in [-0.1, -0.05) is 24.4 Å². The van der Waals surface area contributed by atoms with Crippen molar-refractivity contribution in [1.29, 1.82) is 0 Å². The number of nitrogens with one attached hydrogen (secondary N) is 1. The van der Waals surface area contributed by atoms with Crippen LogP contribution in [0.15, 0.2) is 24.5 Å². The molecule has 3 heteroatoms. The lowest BCUT2D eigenvalue weighted by molar-refractivity contribution is 1.24. The van der Waals surface area contributed by atoms with Gasteiger partial charge in [0, 0.05) is 29.3 Å². The number of H-pyrrole nitrogens is 1. The molecule has 0 aliphatic heterocycles. The standard InChI is InChI=1S/C9H7N2S/c12-8-4-2-1-3-7(8)9-10-5-6-11-9/h1-2,5-6H,4H2,(H,10,11). The monoisotopic (exact) mass is 175 g/mol. The first-order valence-corrected chi connectivity index (χ1v) is 4.10. The first kappa shape index (κ1) is 7.43. The van der Waals surface area contributed by atoms with Gasteiger partial charge in [0.15, 0.2) is 0 Å². The summed E-state index contributed by atoms with van der Waals surface area (Å²) in [6.07, 6.45) is 11.3. The number of allylic oxidation sites excluding steroid dienone is 4. The van der Waals surface area contributed by atoms with Crippen LogP contribution in [0.1, 0.15) is 12.2 Å². The first-order chi connectivity index (χ1) is 5.88. The fourth-order valence-electron chi connectivity index (χ4n) is 1.09. The third-order valence-corrected chi connectivity index (χ3v) is 2.03. The van der Waals surface area contributed by atoms with E-state index in [4.69, 9.17) is 12.2 Å². The summed E-state index contributed by atoms with van der Waals surface area (Å²) >= 11 is 5.16. The minimum atomic E-state index is 0.810. The molecule has 59 valence electrons. The summed E-state index contributed by atoms with van der Waals surface area (Å²) in [6, 6.07) is 0. The molecule has 0 spiro atoms. The van der Waals surface area contributed by atoms with Gasteiger partial charge >= 0.3 is 0 Å². The lowest BCUT2D eigenvalue weighted by atomic mass is 10.0. The largest absolute Gasteiger partial charge is 0.345 e. The number of aromatic nitrogens is 2. The third kappa shape index (κ3) is 1.23. The molecule has 2 nitrogen and oxygen atoms in total. The molecule has 1 heterocycles. The summed E-state index contributed by atoms with van der Waals surface area (Å²) in [5.41, 5.74) is 0.914. The van der Waals surface area contributed by atoms with Gasteiger partial charge in [0.2, 0.25) is 0 Å². The van der Waals surface area contributed by atoms with Gasteiger partial charge < -0.3 is 4.98 Å². The summed E-state index contributed by atoms with van der Waals surface area (Å²) < 4.78 is 0. The molecule has 12 heavy (non-hydrogen) atoms. The van der Waals surface area contributed by atoms with Gasteiger partial charge in [-0.05, 0) is 6.08 Å². The Bertz CT molecular complexity index is 347. The Labute approximate surface area is 76.0 Å². The number of hydrogen-bond acceptors (Lipinski definition) is 2. The number of imidazole rings is 1. The van der Waals surface area contributed by atoms with E-state index >= 15 is 0 Å². The Morgan fingerprint density at radius 1 is 1.58 bits per heavy atom. The van der Waals surface area contributed by atoms with E-state index in [1.807, 2.05) is 12.2 Å². The van der Waals surface area contributed by atoms with E-state index in [0.717, 1.165) is 22.7 Å². The van der Waals surface area contributed by atoms with Crippen LogP contribution in [0.4, 0.5) is 0 Å². The Morgan fingerprint density at radius 3 is 3.17 bits per heavy atom. The molecule has 1 aromatic rings. The van der Waals surface area contributed by atoms with Crippen molar-refractivity contribution >= 4 is 22.7 Å². The molecule has 1 radical (unpaired) electrons. The molecule has 2 rings (SSSR count). The van der Waals surface area contributed by atoms with E-state index in [1.165, 1.54) is 0 Å². The number of thiocarbonyl (C=S) groups is 1. The van der Waals surface area contributed by atoms with E-state index < -0.39 is 0 Å². The second-order valence-electron chi connectivity index (χ2n) is 2.49. The van der Waals surface area contributed by atoms with Gasteiger partial charge in [-0.25, -0.2) is 4.98 Å². The van der Waals surface area contributed by atoms with Crippen molar-refractivity contribution in [2.24, 2.45) is 0 Å². The maximum atomic E-state index is 5.16. The molecule has 1 aliphatic carbocycles. The molecule has 0 amide bonds. The Morgan fingerprint density at radius 2 is 2.50 bits per heavy atom. The van der Waals surface area contributed by atoms with Crippen LogP contribution in [0.25, 0.3) is 5.57 Å². The molecule has 0 fully saturated rings. The van der Waals surface area contributed by atoms with Gasteiger partial charge in [-0.2, -0.15) is 0 Å². The quantitative estimate of drug-likeness (QED) is 0.661. The zero-order chi connectivity index (χ0) is 8.39. The lowest BCUT2D eigenvalue weighted by Crippen LogP contribution is -2.02. The Kier molecular flexibility index (Phi) is 1.87. The second kappa shape index (κ2) is 3.03. The predicted octanol–water partition coefficient (Wildman–Crippen LogP) is 1.93. The minimum absolute atomic E-state index is 0.810. The van der Waals surface area contributed by atoms with Crippen molar-refractivity contribution in [2.45, 2.75) is 6.42 Å². The molecular formula is C9H7N2S. The van der Waals surface area contributed by atoms with Crippen LogP contribution in [0, 0.1) is 6.08 Å². The summed E-state index contributed by atoms with van der Waals surface area (Å²) in [4.78, 5) is 8.01. The highest BCUT2D eigenvalue weighted by Gasteiger charge is 2.10. The van der Waals surface area contributed by atoms with Crippen LogP contribution in [0.2, 0.25) is 0 Å². The van der Waals surface area contributed by atoms with Gasteiger partial charge in [0.1, 0.15) is 5.82 Å². The lowest BCUT2D eigenvalue weighted by Gasteiger charge is -2.06. The summed E-state index contributed by atoms with van der Waals surface area (Å²) in [5.74, 6) is 0.810. The van der Waals surface area contributed by atoms with E-state index in [-0.39, 0.29) is 0 Å². The van der Waals surface area contributed by atoms with E-state index in [2.05, 4.69) is 16.0 Å². The molecule has 0 atom stereocenters. The molecular weight excluding hydrogens is 168 g/mol. The topological polar surface area (TPSA) is 28.7 Å². The number of aromatic amines is 1. The molecule has 0 unspecified atom stereocenters. The highest BCUT2D eigenvalue weighted by atomic mass is 32.1. The van der Waals surface area contributed by atoms with Crippen molar-refractivity contribution in [1.82, 2.24) is 9.97 Å². The summed E-state index contributed by atoms with van der Waals surface area (Å²) in [6.45, 7) is 0. The van der Waals surface area contributed by atoms with Crippen LogP contribution >= 0.6 is 12.2 Å². The third-order valence-electron chi connectivity index (χ3n) is 1.66. The van der Waals surface area contributed by atoms with Crippen LogP contribution in [-0.2, 0) is 0 Å². The van der Waals surface area contributed by atoms with Gasteiger partial charge in [0.05, 0.1) is 0 Å².